The fourth-order valence-electron chi connectivity index (χ4n) is 3.33. The summed E-state index contributed by atoms with van der Waals surface area (Å²) in [6, 6.07) is 28.4. The van der Waals surface area contributed by atoms with Gasteiger partial charge in [-0.3, -0.25) is 0 Å². The van der Waals surface area contributed by atoms with Crippen LogP contribution in [-0.2, 0) is 16.5 Å². The summed E-state index contributed by atoms with van der Waals surface area (Å²) in [6.45, 7) is 0. The van der Waals surface area contributed by atoms with E-state index in [1.807, 2.05) is 78.9 Å². The van der Waals surface area contributed by atoms with Crippen LogP contribution >= 0.6 is 0 Å². The van der Waals surface area contributed by atoms with Gasteiger partial charge in [-0.2, -0.15) is 0 Å². The molecule has 2 aliphatic heterocycles. The van der Waals surface area contributed by atoms with E-state index in [-0.39, 0.29) is 16.5 Å². The quantitative estimate of drug-likeness (QED) is 0.267. The first-order valence-electron chi connectivity index (χ1n) is 9.85. The molecule has 1 aromatic carbocycles. The van der Waals surface area contributed by atoms with Gasteiger partial charge in [0, 0.05) is 38.6 Å². The maximum atomic E-state index is 4.62. The Morgan fingerprint density at radius 2 is 0.742 bits per heavy atom. The van der Waals surface area contributed by atoms with Crippen molar-refractivity contribution in [3.05, 3.63) is 108 Å². The van der Waals surface area contributed by atoms with E-state index >= 15 is 0 Å². The van der Waals surface area contributed by atoms with Crippen molar-refractivity contribution in [3.8, 4) is 0 Å². The van der Waals surface area contributed by atoms with E-state index in [0.717, 1.165) is 44.8 Å². The minimum atomic E-state index is 0. The van der Waals surface area contributed by atoms with Crippen molar-refractivity contribution in [2.75, 3.05) is 0 Å². The van der Waals surface area contributed by atoms with Crippen molar-refractivity contribution < 1.29 is 16.5 Å². The molecular formula is C26H20N4Ni. The Balaban J connectivity index is 0.000000288. The Morgan fingerprint density at radius 1 is 0.419 bits per heavy atom. The van der Waals surface area contributed by atoms with E-state index in [1.165, 1.54) is 0 Å². The Labute approximate surface area is 190 Å². The van der Waals surface area contributed by atoms with Crippen molar-refractivity contribution in [2.45, 2.75) is 0 Å². The Bertz CT molecular complexity index is 1280. The van der Waals surface area contributed by atoms with Gasteiger partial charge in [0.2, 0.25) is 0 Å². The molecule has 31 heavy (non-hydrogen) atoms. The molecule has 0 saturated heterocycles. The molecule has 0 amide bonds. The third-order valence-corrected chi connectivity index (χ3v) is 4.71. The Kier molecular flexibility index (Phi) is 6.25. The Morgan fingerprint density at radius 3 is 1.13 bits per heavy atom. The van der Waals surface area contributed by atoms with E-state index in [0.29, 0.717) is 0 Å². The van der Waals surface area contributed by atoms with E-state index < -0.39 is 0 Å². The number of hydrogen-bond acceptors (Lipinski definition) is 2. The molecule has 5 heteroatoms. The largest absolute Gasteiger partial charge is 0.355 e. The minimum absolute atomic E-state index is 0. The number of H-pyrrole nitrogens is 2. The van der Waals surface area contributed by atoms with Crippen LogP contribution in [0.2, 0.25) is 0 Å². The number of fused-ring (bicyclic) bond motifs is 8. The van der Waals surface area contributed by atoms with Gasteiger partial charge in [-0.25, -0.2) is 9.97 Å². The fraction of sp³-hybridized carbons (Fsp3) is 0. The molecule has 2 aliphatic rings. The number of hydrogen-bond donors (Lipinski definition) is 2. The molecule has 0 radical (unpaired) electrons. The Hall–Kier alpha value is -3.69. The third-order valence-electron chi connectivity index (χ3n) is 4.71. The number of aromatic nitrogens is 4. The summed E-state index contributed by atoms with van der Waals surface area (Å²) in [5.41, 5.74) is 7.86. The standard InChI is InChI=1S/C20H14N4.C6H6.Ni/c1-2-14-10-16-5-6-18(23-16)12-20-8-7-19(24-20)11-17-4-3-15(22-17)9-13(1)21-14;1-2-4-6-5-3-1;/h1-12,21-22H;1-6H;. The maximum Gasteiger partial charge on any atom is 0.0659 e. The van der Waals surface area contributed by atoms with Crippen LogP contribution in [0.3, 0.4) is 0 Å². The predicted molar refractivity (Wildman–Crippen MR) is 125 cm³/mol. The van der Waals surface area contributed by atoms with Crippen molar-refractivity contribution in [1.29, 1.82) is 0 Å². The summed E-state index contributed by atoms with van der Waals surface area (Å²) in [5.74, 6) is 0. The number of rotatable bonds is 0. The topological polar surface area (TPSA) is 57.4 Å². The van der Waals surface area contributed by atoms with Crippen LogP contribution in [0.4, 0.5) is 0 Å². The summed E-state index contributed by atoms with van der Waals surface area (Å²) < 4.78 is 0. The number of nitrogens with one attached hydrogen (secondary N) is 2. The maximum absolute atomic E-state index is 4.62. The summed E-state index contributed by atoms with van der Waals surface area (Å²) in [6.07, 6.45) is 8.05. The third kappa shape index (κ3) is 5.27. The molecule has 8 bridgehead atoms. The van der Waals surface area contributed by atoms with Gasteiger partial charge in [0.15, 0.2) is 0 Å². The molecule has 5 heterocycles. The minimum Gasteiger partial charge on any atom is -0.355 e. The monoisotopic (exact) mass is 446 g/mol. The van der Waals surface area contributed by atoms with Gasteiger partial charge in [0.05, 0.1) is 22.8 Å². The van der Waals surface area contributed by atoms with Gasteiger partial charge in [0.25, 0.3) is 0 Å². The van der Waals surface area contributed by atoms with E-state index in [2.05, 4.69) is 50.3 Å². The number of aromatic amines is 2. The average molecular weight is 447 g/mol. The molecule has 0 aliphatic carbocycles. The molecule has 4 aromatic rings. The number of nitrogens with zero attached hydrogens (tertiary/aromatic N) is 2. The van der Waals surface area contributed by atoms with Crippen LogP contribution in [0.5, 0.6) is 0 Å². The zero-order valence-corrected chi connectivity index (χ0v) is 17.6. The summed E-state index contributed by atoms with van der Waals surface area (Å²) in [7, 11) is 0. The normalized spacial score (nSPS) is 11.4. The molecule has 0 fully saturated rings. The molecule has 2 N–H and O–H groups in total. The second kappa shape index (κ2) is 9.42. The molecule has 4 nitrogen and oxygen atoms in total. The number of benzene rings is 1. The molecule has 0 saturated carbocycles. The molecule has 3 aromatic heterocycles. The van der Waals surface area contributed by atoms with Crippen molar-refractivity contribution in [1.82, 2.24) is 19.9 Å². The zero-order valence-electron chi connectivity index (χ0n) is 16.6. The second-order valence-electron chi connectivity index (χ2n) is 7.06. The zero-order chi connectivity index (χ0) is 20.2. The average Bonchev–Trinajstić information content (AvgIpc) is 3.56. The summed E-state index contributed by atoms with van der Waals surface area (Å²) in [5, 5.41) is 0. The van der Waals surface area contributed by atoms with E-state index in [9.17, 15) is 0 Å². The smallest absolute Gasteiger partial charge is 0.0659 e. The predicted octanol–water partition coefficient (Wildman–Crippen LogP) is 6.34. The van der Waals surface area contributed by atoms with Gasteiger partial charge in [-0.1, -0.05) is 36.4 Å². The van der Waals surface area contributed by atoms with Crippen LogP contribution in [-0.4, -0.2) is 19.9 Å². The molecule has 0 unspecified atom stereocenters. The SMILES string of the molecule is C1=Cc2cc3ccc(cc4ccc(cc5nc(cc1n2)C=C5)[nH]4)[nH]3.[Ni].c1ccccc1. The van der Waals surface area contributed by atoms with Gasteiger partial charge < -0.3 is 9.97 Å². The van der Waals surface area contributed by atoms with Crippen LogP contribution in [0.15, 0.2) is 84.9 Å². The summed E-state index contributed by atoms with van der Waals surface area (Å²) in [4.78, 5) is 16.0. The first-order chi connectivity index (χ1) is 14.8. The van der Waals surface area contributed by atoms with Crippen molar-refractivity contribution in [2.24, 2.45) is 0 Å². The van der Waals surface area contributed by atoms with Crippen LogP contribution < -0.4 is 0 Å². The molecule has 0 spiro atoms. The van der Waals surface area contributed by atoms with Crippen molar-refractivity contribution >= 4 is 46.4 Å². The molecule has 6 rings (SSSR count). The first kappa shape index (κ1) is 20.6. The van der Waals surface area contributed by atoms with Crippen LogP contribution in [0, 0.1) is 0 Å². The van der Waals surface area contributed by atoms with Crippen LogP contribution in [0.1, 0.15) is 22.8 Å². The van der Waals surface area contributed by atoms with Gasteiger partial charge in [-0.05, 0) is 72.8 Å². The summed E-state index contributed by atoms with van der Waals surface area (Å²) >= 11 is 0. The van der Waals surface area contributed by atoms with E-state index in [4.69, 9.17) is 0 Å². The van der Waals surface area contributed by atoms with Crippen LogP contribution in [0.25, 0.3) is 46.4 Å². The van der Waals surface area contributed by atoms with Gasteiger partial charge in [0.1, 0.15) is 0 Å². The van der Waals surface area contributed by atoms with Gasteiger partial charge in [-0.15, -0.1) is 0 Å². The fourth-order valence-corrected chi connectivity index (χ4v) is 3.33. The second-order valence-corrected chi connectivity index (χ2v) is 7.06. The molecule has 0 atom stereocenters. The van der Waals surface area contributed by atoms with Gasteiger partial charge >= 0.3 is 0 Å². The first-order valence-corrected chi connectivity index (χ1v) is 9.85. The van der Waals surface area contributed by atoms with E-state index in [1.54, 1.807) is 0 Å². The van der Waals surface area contributed by atoms with Crippen molar-refractivity contribution in [3.63, 3.8) is 0 Å². The molecule has 154 valence electrons. The molecular weight excluding hydrogens is 427 g/mol.